The predicted molar refractivity (Wildman–Crippen MR) is 167 cm³/mol. The number of ether oxygens (including phenoxy) is 2. The molecule has 1 N–H and O–H groups in total. The van der Waals surface area contributed by atoms with Gasteiger partial charge in [0.15, 0.2) is 5.78 Å². The largest absolute Gasteiger partial charge is 0.483 e. The molecular weight excluding hydrogens is 592 g/mol. The van der Waals surface area contributed by atoms with Gasteiger partial charge in [-0.05, 0) is 82.1 Å². The fraction of sp³-hybridized carbons (Fsp3) is 0.424. The Hall–Kier alpha value is -4.91. The molecular formula is C33H36N6O7. The molecule has 13 heteroatoms. The number of amides is 2. The Kier molecular flexibility index (Phi) is 7.23. The molecule has 0 spiro atoms. The zero-order valence-electron chi connectivity index (χ0n) is 26.0. The van der Waals surface area contributed by atoms with Gasteiger partial charge in [0, 0.05) is 43.4 Å². The van der Waals surface area contributed by atoms with E-state index in [2.05, 4.69) is 5.32 Å². The van der Waals surface area contributed by atoms with Crippen LogP contribution in [0.4, 0.5) is 4.79 Å². The van der Waals surface area contributed by atoms with Gasteiger partial charge in [-0.1, -0.05) is 6.08 Å². The van der Waals surface area contributed by atoms with Crippen LogP contribution in [0.25, 0.3) is 5.69 Å². The number of ketones is 1. The lowest BCUT2D eigenvalue weighted by molar-refractivity contribution is -0.134. The van der Waals surface area contributed by atoms with E-state index in [9.17, 15) is 24.0 Å². The smallest absolute Gasteiger partial charge is 0.415 e. The second-order valence-corrected chi connectivity index (χ2v) is 12.6. The summed E-state index contributed by atoms with van der Waals surface area (Å²) in [7, 11) is 0. The van der Waals surface area contributed by atoms with E-state index in [1.54, 1.807) is 52.3 Å². The molecule has 2 unspecified atom stereocenters. The fourth-order valence-corrected chi connectivity index (χ4v) is 6.90. The van der Waals surface area contributed by atoms with Gasteiger partial charge < -0.3 is 24.6 Å². The number of nitrogens with one attached hydrogen (secondary N) is 1. The molecule has 2 aromatic carbocycles. The summed E-state index contributed by atoms with van der Waals surface area (Å²) in [5.41, 5.74) is 0.489. The molecule has 1 aromatic heterocycles. The van der Waals surface area contributed by atoms with Crippen molar-refractivity contribution in [3.63, 3.8) is 0 Å². The van der Waals surface area contributed by atoms with E-state index in [0.29, 0.717) is 48.7 Å². The number of carbonyl (C=O) groups is 3. The third-order valence-corrected chi connectivity index (χ3v) is 9.37. The Labute approximate surface area is 264 Å². The Morgan fingerprint density at radius 2 is 1.67 bits per heavy atom. The summed E-state index contributed by atoms with van der Waals surface area (Å²) < 4.78 is 16.1. The van der Waals surface area contributed by atoms with Gasteiger partial charge in [-0.3, -0.25) is 9.59 Å². The maximum Gasteiger partial charge on any atom is 0.415 e. The summed E-state index contributed by atoms with van der Waals surface area (Å²) >= 11 is 0. The van der Waals surface area contributed by atoms with Crippen LogP contribution in [0, 0.1) is 0 Å². The number of allylic oxidation sites excluding steroid dienone is 1. The highest BCUT2D eigenvalue weighted by atomic mass is 16.6. The second kappa shape index (κ2) is 11.2. The minimum atomic E-state index is -0.830. The summed E-state index contributed by atoms with van der Waals surface area (Å²) in [6, 6.07) is 10.6. The molecule has 2 saturated heterocycles. The van der Waals surface area contributed by atoms with Crippen LogP contribution >= 0.6 is 0 Å². The van der Waals surface area contributed by atoms with Crippen molar-refractivity contribution < 1.29 is 23.9 Å². The molecule has 46 heavy (non-hydrogen) atoms. The Balaban J connectivity index is 1.14. The normalized spacial score (nSPS) is 21.4. The highest BCUT2D eigenvalue weighted by Crippen LogP contribution is 2.47. The minimum Gasteiger partial charge on any atom is -0.483 e. The van der Waals surface area contributed by atoms with Crippen molar-refractivity contribution >= 4 is 17.8 Å². The van der Waals surface area contributed by atoms with Gasteiger partial charge in [-0.2, -0.15) is 0 Å². The van der Waals surface area contributed by atoms with Crippen molar-refractivity contribution in [2.45, 2.75) is 57.8 Å². The van der Waals surface area contributed by atoms with Crippen LogP contribution in [-0.4, -0.2) is 85.9 Å². The number of rotatable bonds is 4. The lowest BCUT2D eigenvalue weighted by Crippen LogP contribution is -2.54. The van der Waals surface area contributed by atoms with Crippen molar-refractivity contribution in [1.82, 2.24) is 29.0 Å². The molecule has 0 saturated carbocycles. The third kappa shape index (κ3) is 4.95. The number of hydrogen-bond acceptors (Lipinski definition) is 8. The van der Waals surface area contributed by atoms with Crippen LogP contribution in [-0.2, 0) is 11.3 Å². The number of carbonyl (C=O) groups excluding carboxylic acids is 3. The summed E-state index contributed by atoms with van der Waals surface area (Å²) in [6.07, 6.45) is 3.23. The maximum absolute atomic E-state index is 13.9. The molecule has 0 aliphatic carbocycles. The molecule has 3 aromatic rings. The van der Waals surface area contributed by atoms with Crippen molar-refractivity contribution in [1.29, 1.82) is 0 Å². The molecule has 2 fully saturated rings. The maximum atomic E-state index is 13.9. The number of fused-ring (bicyclic) bond motifs is 5. The minimum absolute atomic E-state index is 0.0851. The van der Waals surface area contributed by atoms with E-state index in [-0.39, 0.29) is 30.0 Å². The first kappa shape index (κ1) is 29.8. The van der Waals surface area contributed by atoms with Crippen LogP contribution in [0.3, 0.4) is 0 Å². The summed E-state index contributed by atoms with van der Waals surface area (Å²) in [5, 5.41) is 3.23. The Morgan fingerprint density at radius 3 is 2.35 bits per heavy atom. The SMILES string of the molecule is CC(=O)c1ccc(-n2c(=O)n3n(c2=O)C2C(=CC3)C(C)(C)Oc3cc(OC(=O)N4CCN(C(=O)C5CCCN5)CC4)ccc32)cc1. The monoisotopic (exact) mass is 628 g/mol. The molecule has 4 aliphatic rings. The van der Waals surface area contributed by atoms with Crippen LogP contribution in [0.1, 0.15) is 55.6 Å². The van der Waals surface area contributed by atoms with Gasteiger partial charge in [0.1, 0.15) is 23.1 Å². The first-order chi connectivity index (χ1) is 22.0. The summed E-state index contributed by atoms with van der Waals surface area (Å²) in [5.74, 6) is 0.688. The van der Waals surface area contributed by atoms with Crippen molar-refractivity contribution in [3.05, 3.63) is 86.2 Å². The van der Waals surface area contributed by atoms with E-state index in [0.717, 1.165) is 29.5 Å². The Bertz CT molecular complexity index is 1890. The highest BCUT2D eigenvalue weighted by Gasteiger charge is 2.44. The van der Waals surface area contributed by atoms with Crippen LogP contribution in [0.5, 0.6) is 11.5 Å². The molecule has 2 atom stereocenters. The van der Waals surface area contributed by atoms with E-state index < -0.39 is 29.1 Å². The van der Waals surface area contributed by atoms with Crippen molar-refractivity contribution in [2.75, 3.05) is 32.7 Å². The van der Waals surface area contributed by atoms with E-state index >= 15 is 0 Å². The molecule has 0 radical (unpaired) electrons. The number of aromatic nitrogens is 3. The summed E-state index contributed by atoms with van der Waals surface area (Å²) in [6.45, 7) is 7.92. The fourth-order valence-electron chi connectivity index (χ4n) is 6.90. The first-order valence-electron chi connectivity index (χ1n) is 15.6. The quantitative estimate of drug-likeness (QED) is 0.343. The molecule has 4 aliphatic heterocycles. The number of nitrogens with zero attached hydrogens (tertiary/aromatic N) is 5. The van der Waals surface area contributed by atoms with Gasteiger partial charge in [-0.15, -0.1) is 0 Å². The number of benzene rings is 2. The van der Waals surface area contributed by atoms with Crippen molar-refractivity contribution in [2.24, 2.45) is 0 Å². The molecule has 13 nitrogen and oxygen atoms in total. The van der Waals surface area contributed by atoms with Crippen LogP contribution < -0.4 is 26.2 Å². The van der Waals surface area contributed by atoms with Crippen molar-refractivity contribution in [3.8, 4) is 17.2 Å². The van der Waals surface area contributed by atoms with Gasteiger partial charge in [0.25, 0.3) is 0 Å². The molecule has 240 valence electrons. The first-order valence-corrected chi connectivity index (χ1v) is 15.6. The van der Waals surface area contributed by atoms with E-state index in [1.165, 1.54) is 16.3 Å². The average Bonchev–Trinajstić information content (AvgIpc) is 3.67. The average molecular weight is 629 g/mol. The van der Waals surface area contributed by atoms with E-state index in [1.807, 2.05) is 19.9 Å². The number of hydrogen-bond donors (Lipinski definition) is 1. The predicted octanol–water partition coefficient (Wildman–Crippen LogP) is 2.10. The van der Waals surface area contributed by atoms with Gasteiger partial charge in [-0.25, -0.2) is 28.3 Å². The van der Waals surface area contributed by atoms with E-state index in [4.69, 9.17) is 9.47 Å². The summed E-state index contributed by atoms with van der Waals surface area (Å²) in [4.78, 5) is 68.4. The lowest BCUT2D eigenvalue weighted by Gasteiger charge is -2.42. The zero-order valence-corrected chi connectivity index (χ0v) is 26.0. The topological polar surface area (TPSA) is 137 Å². The molecule has 5 heterocycles. The van der Waals surface area contributed by atoms with Gasteiger partial charge in [0.05, 0.1) is 18.3 Å². The number of Topliss-reactive ketones (excluding diaryl/α,β-unsaturated/α-hetero) is 1. The number of piperazine rings is 1. The standard InChI is InChI=1S/C33H36N6O7/c1-20(40)21-6-8-22(9-7-21)38-30(42)37-14-12-25-28(39(37)31(38)43)24-11-10-23(19-27(24)46-33(25,2)3)45-32(44)36-17-15-35(16-18-36)29(41)26-5-4-13-34-26/h6-12,19,26,28,34H,4-5,13-18H2,1-3H3. The van der Waals surface area contributed by atoms with Gasteiger partial charge >= 0.3 is 17.5 Å². The molecule has 2 amide bonds. The van der Waals surface area contributed by atoms with Crippen LogP contribution in [0.2, 0.25) is 0 Å². The third-order valence-electron chi connectivity index (χ3n) is 9.37. The van der Waals surface area contributed by atoms with Crippen LogP contribution in [0.15, 0.2) is 63.7 Å². The van der Waals surface area contributed by atoms with Gasteiger partial charge in [0.2, 0.25) is 5.91 Å². The zero-order chi connectivity index (χ0) is 32.3. The molecule has 7 rings (SSSR count). The Morgan fingerprint density at radius 1 is 0.957 bits per heavy atom. The molecule has 0 bridgehead atoms. The lowest BCUT2D eigenvalue weighted by atomic mass is 9.83. The second-order valence-electron chi connectivity index (χ2n) is 12.6. The highest BCUT2D eigenvalue weighted by molar-refractivity contribution is 5.94.